The third-order valence-electron chi connectivity index (χ3n) is 0.542. The Bertz CT molecular complexity index is 134. The number of hydrogen-bond donors (Lipinski definition) is 1. The summed E-state index contributed by atoms with van der Waals surface area (Å²) in [7, 11) is 0. The molecule has 0 heterocycles. The molecule has 56 valence electrons. The van der Waals surface area contributed by atoms with Crippen LogP contribution in [0.5, 0.6) is 0 Å². The van der Waals surface area contributed by atoms with Crippen LogP contribution in [0.15, 0.2) is 37.5 Å². The maximum absolute atomic E-state index is 9.75. The van der Waals surface area contributed by atoms with Crippen LogP contribution in [-0.2, 0) is 4.79 Å². The number of carboxylic acids is 1. The molecule has 0 aliphatic rings. The molecular weight excluding hydrogens is 128 g/mol. The molecule has 2 heteroatoms. The van der Waals surface area contributed by atoms with Gasteiger partial charge in [-0.2, -0.15) is 0 Å². The minimum absolute atomic E-state index is 0.914. The maximum atomic E-state index is 9.75. The second-order valence-electron chi connectivity index (χ2n) is 1.22. The first-order valence-electron chi connectivity index (χ1n) is 2.79. The molecule has 0 aromatic rings. The van der Waals surface area contributed by atoms with E-state index in [9.17, 15) is 4.79 Å². The molecule has 0 aliphatic heterocycles. The zero-order chi connectivity index (χ0) is 8.41. The minimum atomic E-state index is -0.914. The van der Waals surface area contributed by atoms with Gasteiger partial charge in [0.25, 0.3) is 0 Å². The molecule has 0 spiro atoms. The van der Waals surface area contributed by atoms with E-state index in [0.29, 0.717) is 0 Å². The van der Waals surface area contributed by atoms with E-state index in [0.717, 1.165) is 6.08 Å². The lowest BCUT2D eigenvalue weighted by molar-refractivity contribution is -0.131. The van der Waals surface area contributed by atoms with Gasteiger partial charge in [-0.15, -0.1) is 13.2 Å². The largest absolute Gasteiger partial charge is 0.478 e. The molecule has 0 amide bonds. The van der Waals surface area contributed by atoms with E-state index in [1.807, 2.05) is 6.92 Å². The Kier molecular flexibility index (Phi) is 12.2. The summed E-state index contributed by atoms with van der Waals surface area (Å²) >= 11 is 0. The molecule has 0 saturated carbocycles. The number of carbonyl (C=O) groups is 1. The van der Waals surface area contributed by atoms with Crippen LogP contribution in [0, 0.1) is 0 Å². The van der Waals surface area contributed by atoms with Gasteiger partial charge in [-0.3, -0.25) is 0 Å². The predicted molar refractivity (Wildman–Crippen MR) is 42.8 cm³/mol. The Morgan fingerprint density at radius 2 is 1.90 bits per heavy atom. The summed E-state index contributed by atoms with van der Waals surface area (Å²) in [6.45, 7) is 7.83. The summed E-state index contributed by atoms with van der Waals surface area (Å²) in [4.78, 5) is 9.75. The van der Waals surface area contributed by atoms with Gasteiger partial charge in [-0.05, 0) is 6.92 Å². The molecule has 0 aromatic heterocycles. The zero-order valence-corrected chi connectivity index (χ0v) is 6.08. The monoisotopic (exact) mass is 140 g/mol. The lowest BCUT2D eigenvalue weighted by Crippen LogP contribution is -1.83. The summed E-state index contributed by atoms with van der Waals surface area (Å²) in [6.07, 6.45) is 5.98. The second-order valence-corrected chi connectivity index (χ2v) is 1.22. The molecule has 0 aromatic carbocycles. The summed E-state index contributed by atoms with van der Waals surface area (Å²) < 4.78 is 0. The van der Waals surface area contributed by atoms with Crippen molar-refractivity contribution >= 4 is 5.97 Å². The van der Waals surface area contributed by atoms with Gasteiger partial charge in [0.15, 0.2) is 0 Å². The highest BCUT2D eigenvalue weighted by atomic mass is 16.4. The molecular formula is C8H12O2. The highest BCUT2D eigenvalue weighted by Crippen LogP contribution is 1.74. The Morgan fingerprint density at radius 1 is 1.40 bits per heavy atom. The van der Waals surface area contributed by atoms with Crippen LogP contribution in [0.25, 0.3) is 0 Å². The quantitative estimate of drug-likeness (QED) is 0.362. The molecule has 0 rings (SSSR count). The number of aliphatic carboxylic acids is 1. The van der Waals surface area contributed by atoms with Gasteiger partial charge in [0.05, 0.1) is 0 Å². The fourth-order valence-electron chi connectivity index (χ4n) is 0.249. The SMILES string of the molecule is C/C=C/C=C/C(=O)O.C=C. The second kappa shape index (κ2) is 10.6. The van der Waals surface area contributed by atoms with Gasteiger partial charge < -0.3 is 5.11 Å². The number of rotatable bonds is 2. The van der Waals surface area contributed by atoms with Crippen molar-refractivity contribution < 1.29 is 9.90 Å². The molecule has 0 aliphatic carbocycles. The molecule has 0 unspecified atom stereocenters. The van der Waals surface area contributed by atoms with E-state index in [-0.39, 0.29) is 0 Å². The van der Waals surface area contributed by atoms with Crippen LogP contribution in [0.1, 0.15) is 6.92 Å². The van der Waals surface area contributed by atoms with Gasteiger partial charge >= 0.3 is 5.97 Å². The van der Waals surface area contributed by atoms with Gasteiger partial charge in [-0.1, -0.05) is 18.2 Å². The normalized spacial score (nSPS) is 9.30. The first-order chi connectivity index (χ1) is 4.77. The number of hydrogen-bond acceptors (Lipinski definition) is 1. The van der Waals surface area contributed by atoms with Crippen molar-refractivity contribution in [2.75, 3.05) is 0 Å². The van der Waals surface area contributed by atoms with Gasteiger partial charge in [-0.25, -0.2) is 4.79 Å². The lowest BCUT2D eigenvalue weighted by Gasteiger charge is -1.72. The Balaban J connectivity index is 0. The molecule has 0 radical (unpaired) electrons. The Hall–Kier alpha value is -1.31. The van der Waals surface area contributed by atoms with Crippen molar-refractivity contribution in [3.8, 4) is 0 Å². The van der Waals surface area contributed by atoms with Crippen LogP contribution >= 0.6 is 0 Å². The fraction of sp³-hybridized carbons (Fsp3) is 0.125. The van der Waals surface area contributed by atoms with Gasteiger partial charge in [0, 0.05) is 6.08 Å². The van der Waals surface area contributed by atoms with Crippen LogP contribution in [0.3, 0.4) is 0 Å². The van der Waals surface area contributed by atoms with E-state index in [1.165, 1.54) is 6.08 Å². The van der Waals surface area contributed by atoms with Crippen molar-refractivity contribution in [2.24, 2.45) is 0 Å². The topological polar surface area (TPSA) is 37.3 Å². The standard InChI is InChI=1S/C6H8O2.C2H4/c1-2-3-4-5-6(7)8;1-2/h2-5H,1H3,(H,7,8);1-2H2/b3-2+,5-4+;. The lowest BCUT2D eigenvalue weighted by atomic mass is 10.4. The summed E-state index contributed by atoms with van der Waals surface area (Å²) in [5.41, 5.74) is 0. The highest BCUT2D eigenvalue weighted by molar-refractivity contribution is 5.80. The van der Waals surface area contributed by atoms with E-state index < -0.39 is 5.97 Å². The Labute approximate surface area is 61.2 Å². The molecule has 0 bridgehead atoms. The molecule has 2 nitrogen and oxygen atoms in total. The van der Waals surface area contributed by atoms with Crippen LogP contribution < -0.4 is 0 Å². The molecule has 0 fully saturated rings. The van der Waals surface area contributed by atoms with Crippen LogP contribution in [0.2, 0.25) is 0 Å². The van der Waals surface area contributed by atoms with Gasteiger partial charge in [0.1, 0.15) is 0 Å². The third kappa shape index (κ3) is 15.9. The van der Waals surface area contributed by atoms with Crippen molar-refractivity contribution in [3.63, 3.8) is 0 Å². The first-order valence-corrected chi connectivity index (χ1v) is 2.79. The van der Waals surface area contributed by atoms with Crippen LogP contribution in [-0.4, -0.2) is 11.1 Å². The van der Waals surface area contributed by atoms with Crippen molar-refractivity contribution in [1.82, 2.24) is 0 Å². The average molecular weight is 140 g/mol. The van der Waals surface area contributed by atoms with E-state index in [2.05, 4.69) is 13.2 Å². The van der Waals surface area contributed by atoms with Crippen molar-refractivity contribution in [2.45, 2.75) is 6.92 Å². The third-order valence-corrected chi connectivity index (χ3v) is 0.542. The average Bonchev–Trinajstić information content (AvgIpc) is 1.92. The predicted octanol–water partition coefficient (Wildman–Crippen LogP) is 2.01. The van der Waals surface area contributed by atoms with Crippen LogP contribution in [0.4, 0.5) is 0 Å². The maximum Gasteiger partial charge on any atom is 0.328 e. The van der Waals surface area contributed by atoms with Gasteiger partial charge in [0.2, 0.25) is 0 Å². The Morgan fingerprint density at radius 3 is 2.20 bits per heavy atom. The van der Waals surface area contributed by atoms with E-state index in [4.69, 9.17) is 5.11 Å². The smallest absolute Gasteiger partial charge is 0.328 e. The molecule has 10 heavy (non-hydrogen) atoms. The summed E-state index contributed by atoms with van der Waals surface area (Å²) in [5.74, 6) is -0.914. The van der Waals surface area contributed by atoms with E-state index in [1.54, 1.807) is 12.2 Å². The zero-order valence-electron chi connectivity index (χ0n) is 6.08. The first kappa shape index (κ1) is 11.5. The van der Waals surface area contributed by atoms with E-state index >= 15 is 0 Å². The van der Waals surface area contributed by atoms with Crippen molar-refractivity contribution in [1.29, 1.82) is 0 Å². The highest BCUT2D eigenvalue weighted by Gasteiger charge is 1.78. The summed E-state index contributed by atoms with van der Waals surface area (Å²) in [6, 6.07) is 0. The minimum Gasteiger partial charge on any atom is -0.478 e. The summed E-state index contributed by atoms with van der Waals surface area (Å²) in [5, 5.41) is 8.02. The van der Waals surface area contributed by atoms with Crippen molar-refractivity contribution in [3.05, 3.63) is 37.5 Å². The molecule has 1 N–H and O–H groups in total. The molecule has 0 saturated heterocycles. The molecule has 0 atom stereocenters. The fourth-order valence-corrected chi connectivity index (χ4v) is 0.249. The number of carboxylic acid groups (broad SMARTS) is 1. The number of allylic oxidation sites excluding steroid dienone is 3.